The van der Waals surface area contributed by atoms with Gasteiger partial charge in [0.05, 0.1) is 0 Å². The molecule has 0 bridgehead atoms. The lowest BCUT2D eigenvalue weighted by Gasteiger charge is -2.31. The summed E-state index contributed by atoms with van der Waals surface area (Å²) in [6.07, 6.45) is 5.36. The van der Waals surface area contributed by atoms with E-state index < -0.39 is 0 Å². The Balaban J connectivity index is 1.35. The summed E-state index contributed by atoms with van der Waals surface area (Å²) in [5.41, 5.74) is 5.33. The third kappa shape index (κ3) is 4.45. The topological polar surface area (TPSA) is 58.1 Å². The number of carbonyl (C=O) groups is 1. The van der Waals surface area contributed by atoms with Gasteiger partial charge in [-0.1, -0.05) is 48.0 Å². The first-order valence-electron chi connectivity index (χ1n) is 10.1. The van der Waals surface area contributed by atoms with Gasteiger partial charge in [-0.05, 0) is 43.9 Å². The van der Waals surface area contributed by atoms with Crippen molar-refractivity contribution in [3.05, 3.63) is 72.1 Å². The van der Waals surface area contributed by atoms with Gasteiger partial charge in [0.25, 0.3) is 0 Å². The van der Waals surface area contributed by atoms with Crippen LogP contribution in [0.15, 0.2) is 60.9 Å². The molecule has 0 radical (unpaired) electrons. The quantitative estimate of drug-likeness (QED) is 0.711. The van der Waals surface area contributed by atoms with Crippen molar-refractivity contribution in [3.63, 3.8) is 0 Å². The summed E-state index contributed by atoms with van der Waals surface area (Å²) in [4.78, 5) is 24.0. The van der Waals surface area contributed by atoms with Crippen LogP contribution in [0.3, 0.4) is 0 Å². The second kappa shape index (κ2) is 8.43. The number of carbonyl (C=O) groups excluding carboxylic acids is 1. The number of benzene rings is 2. The maximum Gasteiger partial charge on any atom is 0.227 e. The fraction of sp³-hybridized carbons (Fsp3) is 0.292. The number of piperidine rings is 1. The van der Waals surface area contributed by atoms with Gasteiger partial charge in [0.1, 0.15) is 0 Å². The van der Waals surface area contributed by atoms with Gasteiger partial charge in [-0.3, -0.25) is 4.79 Å². The molecule has 1 aliphatic rings. The molecule has 1 amide bonds. The van der Waals surface area contributed by atoms with Gasteiger partial charge in [-0.25, -0.2) is 9.97 Å². The Kier molecular flexibility index (Phi) is 5.56. The van der Waals surface area contributed by atoms with Crippen molar-refractivity contribution in [2.45, 2.75) is 26.7 Å². The maximum absolute atomic E-state index is 12.7. The summed E-state index contributed by atoms with van der Waals surface area (Å²) in [6, 6.07) is 16.2. The molecule has 1 N–H and O–H groups in total. The first-order valence-corrected chi connectivity index (χ1v) is 10.1. The van der Waals surface area contributed by atoms with Crippen molar-refractivity contribution in [1.29, 1.82) is 0 Å². The number of nitrogens with zero attached hydrogens (tertiary/aromatic N) is 3. The van der Waals surface area contributed by atoms with Crippen molar-refractivity contribution in [2.24, 2.45) is 5.92 Å². The molecule has 1 aromatic heterocycles. The predicted molar refractivity (Wildman–Crippen MR) is 117 cm³/mol. The molecule has 1 saturated heterocycles. The van der Waals surface area contributed by atoms with E-state index in [-0.39, 0.29) is 11.8 Å². The van der Waals surface area contributed by atoms with Crippen LogP contribution in [0.1, 0.15) is 24.0 Å². The van der Waals surface area contributed by atoms with E-state index in [4.69, 9.17) is 0 Å². The molecular weight excluding hydrogens is 360 g/mol. The third-order valence-electron chi connectivity index (χ3n) is 5.53. The molecule has 148 valence electrons. The summed E-state index contributed by atoms with van der Waals surface area (Å²) in [5, 5.41) is 3.10. The van der Waals surface area contributed by atoms with Crippen LogP contribution >= 0.6 is 0 Å². The van der Waals surface area contributed by atoms with E-state index >= 15 is 0 Å². The van der Waals surface area contributed by atoms with E-state index in [1.165, 1.54) is 5.56 Å². The minimum absolute atomic E-state index is 0.0237. The van der Waals surface area contributed by atoms with Crippen LogP contribution in [0, 0.1) is 19.8 Å². The second-order valence-electron chi connectivity index (χ2n) is 7.71. The highest BCUT2D eigenvalue weighted by molar-refractivity contribution is 5.93. The fourth-order valence-electron chi connectivity index (χ4n) is 3.79. The summed E-state index contributed by atoms with van der Waals surface area (Å²) >= 11 is 0. The number of aromatic nitrogens is 2. The molecule has 2 heterocycles. The van der Waals surface area contributed by atoms with E-state index in [0.29, 0.717) is 0 Å². The van der Waals surface area contributed by atoms with Crippen LogP contribution in [0.2, 0.25) is 0 Å². The highest BCUT2D eigenvalue weighted by atomic mass is 16.1. The molecule has 2 aromatic carbocycles. The number of rotatable bonds is 4. The number of anilines is 2. The number of nitrogens with one attached hydrogen (secondary N) is 1. The van der Waals surface area contributed by atoms with Gasteiger partial charge in [0.15, 0.2) is 0 Å². The van der Waals surface area contributed by atoms with Crippen LogP contribution in [0.5, 0.6) is 0 Å². The first-order chi connectivity index (χ1) is 14.1. The molecule has 0 aliphatic carbocycles. The molecule has 1 fully saturated rings. The average Bonchev–Trinajstić information content (AvgIpc) is 2.76. The minimum Gasteiger partial charge on any atom is -0.341 e. The van der Waals surface area contributed by atoms with Crippen molar-refractivity contribution in [3.8, 4) is 11.1 Å². The van der Waals surface area contributed by atoms with Gasteiger partial charge >= 0.3 is 0 Å². The fourth-order valence-corrected chi connectivity index (χ4v) is 3.79. The van der Waals surface area contributed by atoms with Gasteiger partial charge in [-0.2, -0.15) is 0 Å². The summed E-state index contributed by atoms with van der Waals surface area (Å²) in [5.74, 6) is 0.866. The van der Waals surface area contributed by atoms with Crippen LogP contribution in [-0.2, 0) is 4.79 Å². The van der Waals surface area contributed by atoms with Crippen LogP contribution < -0.4 is 10.2 Å². The largest absolute Gasteiger partial charge is 0.341 e. The zero-order valence-electron chi connectivity index (χ0n) is 16.9. The molecular formula is C24H26N4O. The maximum atomic E-state index is 12.7. The molecule has 4 rings (SSSR count). The standard InChI is InChI=1S/C24H26N4O/c1-17-8-9-22(18(2)14-17)27-23(29)20-10-12-28(13-11-20)24-25-15-21(16-26-24)19-6-4-3-5-7-19/h3-9,14-16,20H,10-13H2,1-2H3,(H,27,29). The summed E-state index contributed by atoms with van der Waals surface area (Å²) in [6.45, 7) is 5.66. The molecule has 3 aromatic rings. The number of hydrogen-bond donors (Lipinski definition) is 1. The number of hydrogen-bond acceptors (Lipinski definition) is 4. The lowest BCUT2D eigenvalue weighted by molar-refractivity contribution is -0.120. The number of amides is 1. The van der Waals surface area contributed by atoms with Crippen LogP contribution in [-0.4, -0.2) is 29.0 Å². The van der Waals surface area contributed by atoms with E-state index in [2.05, 4.69) is 45.3 Å². The molecule has 0 saturated carbocycles. The van der Waals surface area contributed by atoms with Gasteiger partial charge in [0.2, 0.25) is 11.9 Å². The Labute approximate surface area is 171 Å². The van der Waals surface area contributed by atoms with E-state index in [1.54, 1.807) is 0 Å². The molecule has 29 heavy (non-hydrogen) atoms. The lowest BCUT2D eigenvalue weighted by atomic mass is 9.95. The van der Waals surface area contributed by atoms with Crippen molar-refractivity contribution >= 4 is 17.5 Å². The Morgan fingerprint density at radius 3 is 2.31 bits per heavy atom. The normalized spacial score (nSPS) is 14.6. The van der Waals surface area contributed by atoms with Crippen molar-refractivity contribution < 1.29 is 4.79 Å². The molecule has 0 spiro atoms. The van der Waals surface area contributed by atoms with E-state index in [0.717, 1.165) is 54.3 Å². The molecule has 0 atom stereocenters. The first kappa shape index (κ1) is 19.1. The zero-order valence-corrected chi connectivity index (χ0v) is 16.9. The van der Waals surface area contributed by atoms with Gasteiger partial charge in [0, 0.05) is 42.7 Å². The van der Waals surface area contributed by atoms with Crippen LogP contribution in [0.25, 0.3) is 11.1 Å². The monoisotopic (exact) mass is 386 g/mol. The molecule has 5 nitrogen and oxygen atoms in total. The SMILES string of the molecule is Cc1ccc(NC(=O)C2CCN(c3ncc(-c4ccccc4)cn3)CC2)c(C)c1. The van der Waals surface area contributed by atoms with E-state index in [9.17, 15) is 4.79 Å². The third-order valence-corrected chi connectivity index (χ3v) is 5.53. The van der Waals surface area contributed by atoms with Gasteiger partial charge < -0.3 is 10.2 Å². The van der Waals surface area contributed by atoms with E-state index in [1.807, 2.05) is 49.6 Å². The molecule has 1 aliphatic heterocycles. The Bertz CT molecular complexity index is 978. The summed E-state index contributed by atoms with van der Waals surface area (Å²) in [7, 11) is 0. The van der Waals surface area contributed by atoms with Crippen molar-refractivity contribution in [2.75, 3.05) is 23.3 Å². The zero-order chi connectivity index (χ0) is 20.2. The lowest BCUT2D eigenvalue weighted by Crippen LogP contribution is -2.39. The molecule has 0 unspecified atom stereocenters. The van der Waals surface area contributed by atoms with Gasteiger partial charge in [-0.15, -0.1) is 0 Å². The summed E-state index contributed by atoms with van der Waals surface area (Å²) < 4.78 is 0. The molecule has 5 heteroatoms. The van der Waals surface area contributed by atoms with Crippen molar-refractivity contribution in [1.82, 2.24) is 9.97 Å². The van der Waals surface area contributed by atoms with Crippen LogP contribution in [0.4, 0.5) is 11.6 Å². The minimum atomic E-state index is 0.0237. The number of aryl methyl sites for hydroxylation is 2. The Hall–Kier alpha value is -3.21. The average molecular weight is 386 g/mol. The second-order valence-corrected chi connectivity index (χ2v) is 7.71. The Morgan fingerprint density at radius 2 is 1.66 bits per heavy atom. The highest BCUT2D eigenvalue weighted by Crippen LogP contribution is 2.24. The highest BCUT2D eigenvalue weighted by Gasteiger charge is 2.26. The smallest absolute Gasteiger partial charge is 0.227 e. The Morgan fingerprint density at radius 1 is 0.966 bits per heavy atom. The predicted octanol–water partition coefficient (Wildman–Crippen LogP) is 4.62.